The summed E-state index contributed by atoms with van der Waals surface area (Å²) in [4.78, 5) is 16.7. The molecule has 3 aromatic rings. The van der Waals surface area contributed by atoms with Gasteiger partial charge in [0.1, 0.15) is 0 Å². The molecule has 0 fully saturated rings. The molecule has 0 aliphatic heterocycles. The molecule has 2 N–H and O–H groups in total. The number of methoxy groups -OCH3 is 2. The van der Waals surface area contributed by atoms with Crippen molar-refractivity contribution in [3.63, 3.8) is 0 Å². The number of amides is 1. The van der Waals surface area contributed by atoms with Crippen molar-refractivity contribution >= 4 is 32.4 Å². The van der Waals surface area contributed by atoms with Crippen LogP contribution in [0.1, 0.15) is 23.2 Å². The van der Waals surface area contributed by atoms with Crippen molar-refractivity contribution in [1.29, 1.82) is 0 Å². The third-order valence-corrected chi connectivity index (χ3v) is 7.19. The average molecular weight is 490 g/mol. The third kappa shape index (κ3) is 6.93. The second-order valence-electron chi connectivity index (χ2n) is 7.35. The number of carbonyl (C=O) groups is 1. The van der Waals surface area contributed by atoms with Crippen LogP contribution < -0.4 is 19.5 Å². The summed E-state index contributed by atoms with van der Waals surface area (Å²) in [6.07, 6.45) is 1.35. The van der Waals surface area contributed by atoms with Crippen LogP contribution in [-0.4, -0.2) is 40.1 Å². The smallest absolute Gasteiger partial charge is 0.263 e. The highest BCUT2D eigenvalue weighted by Gasteiger charge is 2.16. The van der Waals surface area contributed by atoms with Gasteiger partial charge in [0.25, 0.3) is 10.0 Å². The molecular weight excluding hydrogens is 462 g/mol. The summed E-state index contributed by atoms with van der Waals surface area (Å²) in [6.45, 7) is 2.39. The van der Waals surface area contributed by atoms with Crippen molar-refractivity contribution in [3.8, 4) is 11.5 Å². The van der Waals surface area contributed by atoms with E-state index >= 15 is 0 Å². The molecule has 1 heterocycles. The van der Waals surface area contributed by atoms with Crippen molar-refractivity contribution in [2.75, 3.05) is 25.5 Å². The van der Waals surface area contributed by atoms with E-state index in [0.29, 0.717) is 36.6 Å². The summed E-state index contributed by atoms with van der Waals surface area (Å²) in [5.74, 6) is 1.22. The zero-order valence-electron chi connectivity index (χ0n) is 18.8. The van der Waals surface area contributed by atoms with Crippen molar-refractivity contribution < 1.29 is 22.7 Å². The number of nitrogens with zero attached hydrogens (tertiary/aromatic N) is 1. The summed E-state index contributed by atoms with van der Waals surface area (Å²) in [5, 5.41) is 4.92. The topological polar surface area (TPSA) is 107 Å². The Bertz CT molecular complexity index is 1190. The van der Waals surface area contributed by atoms with E-state index in [4.69, 9.17) is 9.47 Å². The van der Waals surface area contributed by atoms with E-state index in [1.54, 1.807) is 43.9 Å². The van der Waals surface area contributed by atoms with E-state index in [-0.39, 0.29) is 22.4 Å². The van der Waals surface area contributed by atoms with Gasteiger partial charge in [-0.3, -0.25) is 9.52 Å². The SMILES string of the molecule is COc1ccc(CCNC(=O)CCc2csc(NS(=O)(=O)c3ccc(C)cc3)n2)cc1OC. The molecule has 1 aromatic heterocycles. The maximum absolute atomic E-state index is 12.5. The first-order valence-electron chi connectivity index (χ1n) is 10.3. The maximum atomic E-state index is 12.5. The Labute approximate surface area is 198 Å². The fourth-order valence-corrected chi connectivity index (χ4v) is 5.07. The molecule has 8 nitrogen and oxygen atoms in total. The molecule has 3 rings (SSSR count). The van der Waals surface area contributed by atoms with Gasteiger partial charge in [-0.05, 0) is 49.6 Å². The van der Waals surface area contributed by atoms with Crippen molar-refractivity contribution in [2.24, 2.45) is 0 Å². The van der Waals surface area contributed by atoms with Gasteiger partial charge in [-0.2, -0.15) is 0 Å². The van der Waals surface area contributed by atoms with Gasteiger partial charge in [-0.25, -0.2) is 13.4 Å². The molecule has 176 valence electrons. The van der Waals surface area contributed by atoms with E-state index in [1.165, 1.54) is 11.3 Å². The fourth-order valence-electron chi connectivity index (χ4n) is 3.07. The number of sulfonamides is 1. The summed E-state index contributed by atoms with van der Waals surface area (Å²) in [7, 11) is -0.525. The molecule has 0 aliphatic carbocycles. The molecule has 0 saturated carbocycles. The number of benzene rings is 2. The van der Waals surface area contributed by atoms with Gasteiger partial charge in [0.15, 0.2) is 16.6 Å². The Morgan fingerprint density at radius 3 is 2.45 bits per heavy atom. The lowest BCUT2D eigenvalue weighted by molar-refractivity contribution is -0.121. The molecule has 0 unspecified atom stereocenters. The Balaban J connectivity index is 1.45. The lowest BCUT2D eigenvalue weighted by atomic mass is 10.1. The van der Waals surface area contributed by atoms with Crippen LogP contribution in [0.2, 0.25) is 0 Å². The summed E-state index contributed by atoms with van der Waals surface area (Å²) < 4.78 is 38.0. The number of rotatable bonds is 11. The molecule has 0 radical (unpaired) electrons. The number of ether oxygens (including phenoxy) is 2. The Morgan fingerprint density at radius 1 is 1.03 bits per heavy atom. The summed E-state index contributed by atoms with van der Waals surface area (Å²) >= 11 is 1.19. The van der Waals surface area contributed by atoms with Crippen molar-refractivity contribution in [3.05, 3.63) is 64.7 Å². The molecule has 0 saturated heterocycles. The minimum Gasteiger partial charge on any atom is -0.493 e. The molecular formula is C23H27N3O5S2. The zero-order chi connectivity index (χ0) is 23.8. The monoisotopic (exact) mass is 489 g/mol. The van der Waals surface area contributed by atoms with E-state index in [2.05, 4.69) is 15.0 Å². The number of hydrogen-bond donors (Lipinski definition) is 2. The highest BCUT2D eigenvalue weighted by atomic mass is 32.2. The third-order valence-electron chi connectivity index (χ3n) is 4.90. The Kier molecular flexibility index (Phi) is 8.29. The van der Waals surface area contributed by atoms with Crippen LogP contribution in [0.5, 0.6) is 11.5 Å². The second-order valence-corrected chi connectivity index (χ2v) is 9.89. The van der Waals surface area contributed by atoms with E-state index in [0.717, 1.165) is 11.1 Å². The molecule has 10 heteroatoms. The molecule has 0 bridgehead atoms. The normalized spacial score (nSPS) is 11.1. The Hall–Kier alpha value is -3.11. The summed E-state index contributed by atoms with van der Waals surface area (Å²) in [6, 6.07) is 12.2. The van der Waals surface area contributed by atoms with E-state index < -0.39 is 10.0 Å². The minimum atomic E-state index is -3.69. The number of aromatic nitrogens is 1. The number of carbonyl (C=O) groups excluding carboxylic acids is 1. The van der Waals surface area contributed by atoms with E-state index in [1.807, 2.05) is 25.1 Å². The van der Waals surface area contributed by atoms with Gasteiger partial charge in [-0.15, -0.1) is 11.3 Å². The number of anilines is 1. The first kappa shape index (κ1) is 24.5. The highest BCUT2D eigenvalue weighted by Crippen LogP contribution is 2.27. The van der Waals surface area contributed by atoms with Gasteiger partial charge in [0, 0.05) is 18.3 Å². The van der Waals surface area contributed by atoms with E-state index in [9.17, 15) is 13.2 Å². The van der Waals surface area contributed by atoms with Crippen molar-refractivity contribution in [1.82, 2.24) is 10.3 Å². The Morgan fingerprint density at radius 2 is 1.76 bits per heavy atom. The standard InChI is InChI=1S/C23H27N3O5S2/c1-16-4-8-19(9-5-16)33(28,29)26-23-25-18(15-32-23)7-11-22(27)24-13-12-17-6-10-20(30-2)21(14-17)31-3/h4-6,8-10,14-15H,7,11-13H2,1-3H3,(H,24,27)(H,25,26). The van der Waals surface area contributed by atoms with Crippen LogP contribution in [0.3, 0.4) is 0 Å². The molecule has 1 amide bonds. The van der Waals surface area contributed by atoms with Crippen LogP contribution in [0.4, 0.5) is 5.13 Å². The molecule has 33 heavy (non-hydrogen) atoms. The maximum Gasteiger partial charge on any atom is 0.263 e. The van der Waals surface area contributed by atoms with Crippen LogP contribution in [0.25, 0.3) is 0 Å². The molecule has 2 aromatic carbocycles. The first-order chi connectivity index (χ1) is 15.8. The largest absolute Gasteiger partial charge is 0.493 e. The van der Waals surface area contributed by atoms with Gasteiger partial charge < -0.3 is 14.8 Å². The van der Waals surface area contributed by atoms with Gasteiger partial charge >= 0.3 is 0 Å². The first-order valence-corrected chi connectivity index (χ1v) is 12.7. The predicted octanol–water partition coefficient (Wildman–Crippen LogP) is 3.56. The lowest BCUT2D eigenvalue weighted by Crippen LogP contribution is -2.25. The molecule has 0 atom stereocenters. The van der Waals surface area contributed by atoms with Crippen LogP contribution >= 0.6 is 11.3 Å². The zero-order valence-corrected chi connectivity index (χ0v) is 20.4. The molecule has 0 spiro atoms. The number of thiazole rings is 1. The minimum absolute atomic E-state index is 0.0923. The molecule has 0 aliphatic rings. The van der Waals surface area contributed by atoms with Crippen LogP contribution in [-0.2, 0) is 27.7 Å². The van der Waals surface area contributed by atoms with Crippen LogP contribution in [0, 0.1) is 6.92 Å². The van der Waals surface area contributed by atoms with Gasteiger partial charge in [-0.1, -0.05) is 23.8 Å². The lowest BCUT2D eigenvalue weighted by Gasteiger charge is -2.10. The quantitative estimate of drug-likeness (QED) is 0.427. The number of hydrogen-bond acceptors (Lipinski definition) is 7. The van der Waals surface area contributed by atoms with Crippen molar-refractivity contribution in [2.45, 2.75) is 31.1 Å². The van der Waals surface area contributed by atoms with Gasteiger partial charge in [0.2, 0.25) is 5.91 Å². The van der Waals surface area contributed by atoms with Crippen LogP contribution in [0.15, 0.2) is 52.7 Å². The highest BCUT2D eigenvalue weighted by molar-refractivity contribution is 7.93. The van der Waals surface area contributed by atoms with Gasteiger partial charge in [0.05, 0.1) is 24.8 Å². The fraction of sp³-hybridized carbons (Fsp3) is 0.304. The number of nitrogens with one attached hydrogen (secondary N) is 2. The second kappa shape index (κ2) is 11.2. The summed E-state index contributed by atoms with van der Waals surface area (Å²) in [5.41, 5.74) is 2.67. The predicted molar refractivity (Wildman–Crippen MR) is 129 cm³/mol. The number of aryl methyl sites for hydroxylation is 2. The average Bonchev–Trinajstić information content (AvgIpc) is 3.24.